The second kappa shape index (κ2) is 16.1. The molecule has 0 spiro atoms. The number of methoxy groups -OCH3 is 1. The summed E-state index contributed by atoms with van der Waals surface area (Å²) in [6.45, 7) is 2.21. The summed E-state index contributed by atoms with van der Waals surface area (Å²) in [4.78, 5) is 65.0. The topological polar surface area (TPSA) is 201 Å². The molecule has 4 amide bonds. The van der Waals surface area contributed by atoms with E-state index in [9.17, 15) is 36.0 Å². The molecule has 0 radical (unpaired) electrons. The van der Waals surface area contributed by atoms with Crippen LogP contribution in [0.25, 0.3) is 11.3 Å². The molecule has 4 fully saturated rings. The fourth-order valence-electron chi connectivity index (χ4n) is 8.59. The number of amides is 4. The van der Waals surface area contributed by atoms with E-state index in [0.29, 0.717) is 43.5 Å². The van der Waals surface area contributed by atoms with E-state index in [1.54, 1.807) is 29.5 Å². The Morgan fingerprint density at radius 1 is 0.949 bits per heavy atom. The van der Waals surface area contributed by atoms with E-state index in [2.05, 4.69) is 19.7 Å². The largest absolute Gasteiger partial charge is 0.497 e. The molecular formula is C41H48N6O9S3. The van der Waals surface area contributed by atoms with Crippen LogP contribution in [0.5, 0.6) is 5.75 Å². The maximum Gasteiger partial charge on any atom is 0.282 e. The molecule has 3 N–H and O–H groups in total. The Hall–Kier alpha value is -4.65. The van der Waals surface area contributed by atoms with Crippen molar-refractivity contribution in [1.82, 2.24) is 29.5 Å². The van der Waals surface area contributed by atoms with E-state index in [1.165, 1.54) is 28.4 Å². The number of hydrogen-bond donors (Lipinski definition) is 3. The van der Waals surface area contributed by atoms with Gasteiger partial charge in [0, 0.05) is 48.3 Å². The molecule has 3 aromatic rings. The lowest BCUT2D eigenvalue weighted by atomic mass is 9.93. The first-order chi connectivity index (χ1) is 28.2. The molecule has 2 saturated carbocycles. The number of likely N-dealkylation sites (tertiary alicyclic amines) is 1. The van der Waals surface area contributed by atoms with Crippen LogP contribution in [0.3, 0.4) is 0 Å². The van der Waals surface area contributed by atoms with Gasteiger partial charge in [0.1, 0.15) is 23.4 Å². The highest BCUT2D eigenvalue weighted by molar-refractivity contribution is 7.91. The summed E-state index contributed by atoms with van der Waals surface area (Å²) < 4.78 is 63.4. The van der Waals surface area contributed by atoms with Gasteiger partial charge in [0.05, 0.1) is 22.9 Å². The van der Waals surface area contributed by atoms with Gasteiger partial charge in [-0.05, 0) is 81.8 Å². The molecule has 6 atom stereocenters. The lowest BCUT2D eigenvalue weighted by molar-refractivity contribution is -0.142. The normalized spacial score (nSPS) is 27.5. The van der Waals surface area contributed by atoms with E-state index in [4.69, 9.17) is 4.74 Å². The second-order valence-electron chi connectivity index (χ2n) is 16.3. The first-order valence-electron chi connectivity index (χ1n) is 20.0. The standard InChI is InChI=1S/C41H48N6O9S3/c1-25-10-16-30(17-11-25)58(52,53)44-33-9-7-5-3-4-6-8-28-20-41(28,40(51)45-59(54,55)31-18-19-31)43-36(48)35-32-23-46(21-27(32)22-47(35)38(33)49)39(50)37-42-34(24-57-37)26-12-14-29(56-2)15-13-26/h6,8,10-17,24,27-28,31-33,35,44H,3-5,7,9,18-23H2,1-2H3,(H,43,48)(H,45,51)/t27-,28+,32-,33-,35-,41+/m0/s1. The number of aromatic nitrogens is 1. The summed E-state index contributed by atoms with van der Waals surface area (Å²) in [7, 11) is -6.52. The molecule has 3 aliphatic heterocycles. The van der Waals surface area contributed by atoms with Crippen LogP contribution in [0.4, 0.5) is 0 Å². The van der Waals surface area contributed by atoms with Crippen molar-refractivity contribution in [3.63, 3.8) is 0 Å². The fourth-order valence-corrected chi connectivity index (χ4v) is 12.0. The first kappa shape index (κ1) is 41.1. The van der Waals surface area contributed by atoms with E-state index < -0.39 is 72.5 Å². The van der Waals surface area contributed by atoms with Gasteiger partial charge in [-0.1, -0.05) is 42.7 Å². The molecule has 2 aliphatic carbocycles. The van der Waals surface area contributed by atoms with Gasteiger partial charge in [0.15, 0.2) is 5.01 Å². The summed E-state index contributed by atoms with van der Waals surface area (Å²) in [5, 5.41) is 4.30. The van der Waals surface area contributed by atoms with E-state index in [-0.39, 0.29) is 54.2 Å². The van der Waals surface area contributed by atoms with Gasteiger partial charge >= 0.3 is 0 Å². The van der Waals surface area contributed by atoms with Crippen LogP contribution in [-0.4, -0.2) is 105 Å². The van der Waals surface area contributed by atoms with Gasteiger partial charge in [0.2, 0.25) is 31.9 Å². The summed E-state index contributed by atoms with van der Waals surface area (Å²) in [6, 6.07) is 11.2. The lowest BCUT2D eigenvalue weighted by Gasteiger charge is -2.32. The summed E-state index contributed by atoms with van der Waals surface area (Å²) in [5.41, 5.74) is 0.735. The van der Waals surface area contributed by atoms with Gasteiger partial charge in [-0.25, -0.2) is 21.8 Å². The quantitative estimate of drug-likeness (QED) is 0.268. The highest BCUT2D eigenvalue weighted by Gasteiger charge is 2.63. The third kappa shape index (κ3) is 8.41. The van der Waals surface area contributed by atoms with Gasteiger partial charge in [-0.2, -0.15) is 4.72 Å². The monoisotopic (exact) mass is 864 g/mol. The van der Waals surface area contributed by atoms with Crippen molar-refractivity contribution in [1.29, 1.82) is 0 Å². The average molecular weight is 865 g/mol. The number of rotatable bonds is 9. The first-order valence-corrected chi connectivity index (χ1v) is 23.9. The SMILES string of the molecule is COc1ccc(-c2csc(C(=O)N3C[C@H]4CN5C(=O)[C@@H](NS(=O)(=O)c6ccc(C)cc6)CCCCCC=C[C@@H]6C[C@@]6(C(=O)NS(=O)(=O)C6CC6)NC(=O)[C@@H]5[C@H]4C3)n2)cc1. The summed E-state index contributed by atoms with van der Waals surface area (Å²) in [5.74, 6) is -3.11. The Labute approximate surface area is 348 Å². The van der Waals surface area contributed by atoms with E-state index >= 15 is 0 Å². The van der Waals surface area contributed by atoms with Crippen molar-refractivity contribution in [2.24, 2.45) is 17.8 Å². The minimum Gasteiger partial charge on any atom is -0.497 e. The van der Waals surface area contributed by atoms with E-state index in [1.807, 2.05) is 43.3 Å². The van der Waals surface area contributed by atoms with Crippen LogP contribution < -0.4 is 19.5 Å². The molecule has 0 bridgehead atoms. The molecule has 18 heteroatoms. The Balaban J connectivity index is 1.09. The maximum absolute atomic E-state index is 14.8. The Morgan fingerprint density at radius 3 is 2.41 bits per heavy atom. The van der Waals surface area contributed by atoms with Gasteiger partial charge in [-0.3, -0.25) is 23.9 Å². The second-order valence-corrected chi connectivity index (χ2v) is 20.9. The van der Waals surface area contributed by atoms with Crippen molar-refractivity contribution >= 4 is 55.0 Å². The Morgan fingerprint density at radius 2 is 1.69 bits per heavy atom. The number of thiazole rings is 1. The van der Waals surface area contributed by atoms with Crippen LogP contribution >= 0.6 is 11.3 Å². The predicted octanol–water partition coefficient (Wildman–Crippen LogP) is 3.38. The third-order valence-electron chi connectivity index (χ3n) is 12.2. The summed E-state index contributed by atoms with van der Waals surface area (Å²) >= 11 is 1.20. The number of allylic oxidation sites excluding steroid dienone is 1. The number of ether oxygens (including phenoxy) is 1. The van der Waals surface area contributed by atoms with Crippen LogP contribution in [0, 0.1) is 24.7 Å². The minimum absolute atomic E-state index is 0.00452. The number of carbonyl (C=O) groups is 4. The maximum atomic E-state index is 14.8. The number of carbonyl (C=O) groups excluding carboxylic acids is 4. The highest BCUT2D eigenvalue weighted by Crippen LogP contribution is 2.47. The van der Waals surface area contributed by atoms with Crippen molar-refractivity contribution in [2.45, 2.75) is 86.1 Å². The molecule has 5 aliphatic rings. The molecule has 59 heavy (non-hydrogen) atoms. The number of benzene rings is 2. The van der Waals surface area contributed by atoms with Crippen molar-refractivity contribution in [3.8, 4) is 17.0 Å². The average Bonchev–Trinajstić information content (AvgIpc) is 4.03. The zero-order valence-corrected chi connectivity index (χ0v) is 35.3. The van der Waals surface area contributed by atoms with E-state index in [0.717, 1.165) is 17.5 Å². The van der Waals surface area contributed by atoms with Gasteiger partial charge in [0.25, 0.3) is 11.8 Å². The van der Waals surface area contributed by atoms with Gasteiger partial charge < -0.3 is 19.9 Å². The van der Waals surface area contributed by atoms with Crippen molar-refractivity contribution in [3.05, 3.63) is 76.6 Å². The molecule has 4 heterocycles. The molecule has 0 unspecified atom stereocenters. The number of fused-ring (bicyclic) bond motifs is 4. The van der Waals surface area contributed by atoms with Crippen molar-refractivity contribution < 1.29 is 40.8 Å². The molecule has 1 aromatic heterocycles. The van der Waals surface area contributed by atoms with Crippen LogP contribution in [0.2, 0.25) is 0 Å². The number of sulfonamides is 2. The molecule has 15 nitrogen and oxygen atoms in total. The third-order valence-corrected chi connectivity index (χ3v) is 16.3. The lowest BCUT2D eigenvalue weighted by Crippen LogP contribution is -2.60. The number of nitrogens with zero attached hydrogens (tertiary/aromatic N) is 3. The molecule has 8 rings (SSSR count). The number of hydrogen-bond acceptors (Lipinski definition) is 11. The van der Waals surface area contributed by atoms with Crippen LogP contribution in [0.1, 0.15) is 66.7 Å². The van der Waals surface area contributed by atoms with Crippen LogP contribution in [-0.2, 0) is 34.4 Å². The number of nitrogens with one attached hydrogen (secondary N) is 3. The van der Waals surface area contributed by atoms with Crippen LogP contribution in [0.15, 0.2) is 71.0 Å². The zero-order chi connectivity index (χ0) is 41.7. The highest BCUT2D eigenvalue weighted by atomic mass is 32.2. The molecule has 2 saturated heterocycles. The smallest absolute Gasteiger partial charge is 0.282 e. The predicted molar refractivity (Wildman–Crippen MR) is 219 cm³/mol. The Kier molecular flexibility index (Phi) is 11.2. The number of aryl methyl sites for hydroxylation is 1. The Bertz CT molecular complexity index is 2380. The molecule has 314 valence electrons. The molecular weight excluding hydrogens is 817 g/mol. The fraction of sp³-hybridized carbons (Fsp3) is 0.488. The zero-order valence-electron chi connectivity index (χ0n) is 32.8. The molecule has 2 aromatic carbocycles. The van der Waals surface area contributed by atoms with Crippen molar-refractivity contribution in [2.75, 3.05) is 26.7 Å². The van der Waals surface area contributed by atoms with Gasteiger partial charge in [-0.15, -0.1) is 11.3 Å². The summed E-state index contributed by atoms with van der Waals surface area (Å²) in [6.07, 6.45) is 7.59. The minimum atomic E-state index is -4.15.